The average molecular weight is 598 g/mol. The van der Waals surface area contributed by atoms with Crippen molar-refractivity contribution >= 4 is 28.9 Å². The molecule has 5 N–H and O–H groups in total. The molecule has 0 saturated heterocycles. The summed E-state index contributed by atoms with van der Waals surface area (Å²) in [6.45, 7) is 0.618. The predicted molar refractivity (Wildman–Crippen MR) is 154 cm³/mol. The molecule has 2 aromatic rings. The molecule has 1 saturated carbocycles. The molecule has 2 aromatic carbocycles. The maximum absolute atomic E-state index is 14.0. The Morgan fingerprint density at radius 1 is 1.05 bits per heavy atom. The van der Waals surface area contributed by atoms with E-state index in [4.69, 9.17) is 5.73 Å². The van der Waals surface area contributed by atoms with Gasteiger partial charge in [0.2, 0.25) is 0 Å². The molecule has 0 radical (unpaired) electrons. The van der Waals surface area contributed by atoms with Crippen LogP contribution in [0.1, 0.15) is 24.5 Å². The van der Waals surface area contributed by atoms with Gasteiger partial charge < -0.3 is 30.7 Å². The zero-order chi connectivity index (χ0) is 31.7. The van der Waals surface area contributed by atoms with E-state index in [9.17, 15) is 38.5 Å². The number of ether oxygens (including phenoxy) is 1. The third kappa shape index (κ3) is 4.89. The number of primary amides is 1. The summed E-state index contributed by atoms with van der Waals surface area (Å²) >= 11 is 0. The van der Waals surface area contributed by atoms with Gasteiger partial charge in [-0.25, -0.2) is 0 Å². The third-order valence-electron chi connectivity index (χ3n) is 8.49. The highest BCUT2D eigenvalue weighted by molar-refractivity contribution is 6.28. The van der Waals surface area contributed by atoms with E-state index in [1.165, 1.54) is 24.3 Å². The molecular formula is C31H33F2N3O7. The molecule has 0 bridgehead atoms. The highest BCUT2D eigenvalue weighted by Gasteiger charge is 2.56. The van der Waals surface area contributed by atoms with Gasteiger partial charge in [-0.05, 0) is 68.1 Å². The minimum atomic E-state index is -3.38. The Bertz CT molecular complexity index is 1610. The number of benzene rings is 2. The number of aliphatic hydroxyl groups excluding tert-OH is 2. The van der Waals surface area contributed by atoms with Crippen molar-refractivity contribution in [2.75, 3.05) is 33.1 Å². The number of likely N-dealkylation sites (N-methyl/N-ethyl adjacent to an activating group) is 1. The van der Waals surface area contributed by atoms with E-state index in [-0.39, 0.29) is 41.0 Å². The van der Waals surface area contributed by atoms with Gasteiger partial charge in [-0.2, -0.15) is 8.78 Å². The molecule has 43 heavy (non-hydrogen) atoms. The van der Waals surface area contributed by atoms with Gasteiger partial charge in [0.15, 0.2) is 11.6 Å². The summed E-state index contributed by atoms with van der Waals surface area (Å²) < 4.78 is 31.2. The Morgan fingerprint density at radius 2 is 1.67 bits per heavy atom. The van der Waals surface area contributed by atoms with Crippen molar-refractivity contribution in [3.05, 3.63) is 58.4 Å². The van der Waals surface area contributed by atoms with Crippen molar-refractivity contribution in [3.8, 4) is 22.6 Å². The Hall–Kier alpha value is -4.45. The summed E-state index contributed by atoms with van der Waals surface area (Å²) in [5, 5.41) is 34.0. The number of nitrogens with two attached hydrogens (primary N) is 1. The second kappa shape index (κ2) is 10.4. The van der Waals surface area contributed by atoms with Gasteiger partial charge in [-0.1, -0.05) is 12.1 Å². The molecule has 10 nitrogen and oxygen atoms in total. The monoisotopic (exact) mass is 597 g/mol. The molecule has 3 aliphatic rings. The topological polar surface area (TPSA) is 154 Å². The second-order valence-electron chi connectivity index (χ2n) is 11.8. The minimum Gasteiger partial charge on any atom is -0.510 e. The van der Waals surface area contributed by atoms with Crippen LogP contribution in [-0.2, 0) is 20.8 Å². The van der Waals surface area contributed by atoms with Crippen LogP contribution >= 0.6 is 0 Å². The van der Waals surface area contributed by atoms with Crippen LogP contribution in [0.15, 0.2) is 47.2 Å². The molecule has 1 amide bonds. The number of carbonyl (C=O) groups is 3. The van der Waals surface area contributed by atoms with E-state index >= 15 is 0 Å². The number of aliphatic hydroxyl groups is 2. The zero-order valence-corrected chi connectivity index (χ0v) is 24.3. The summed E-state index contributed by atoms with van der Waals surface area (Å²) in [6, 6.07) is 6.51. The van der Waals surface area contributed by atoms with Crippen LogP contribution in [0, 0.1) is 17.8 Å². The van der Waals surface area contributed by atoms with E-state index in [0.29, 0.717) is 23.7 Å². The van der Waals surface area contributed by atoms with Crippen molar-refractivity contribution in [2.24, 2.45) is 23.5 Å². The lowest BCUT2D eigenvalue weighted by atomic mass is 9.59. The van der Waals surface area contributed by atoms with Crippen LogP contribution < -0.4 is 15.4 Å². The fourth-order valence-corrected chi connectivity index (χ4v) is 6.84. The molecule has 0 spiro atoms. The number of amides is 1. The molecule has 0 aliphatic heterocycles. The van der Waals surface area contributed by atoms with Gasteiger partial charge in [-0.15, -0.1) is 0 Å². The summed E-state index contributed by atoms with van der Waals surface area (Å²) in [7, 11) is 6.88. The molecule has 1 unspecified atom stereocenters. The molecular weight excluding hydrogens is 564 g/mol. The lowest BCUT2D eigenvalue weighted by Gasteiger charge is -2.46. The van der Waals surface area contributed by atoms with Gasteiger partial charge in [0.05, 0.1) is 17.5 Å². The number of ketones is 2. The first-order chi connectivity index (χ1) is 20.0. The van der Waals surface area contributed by atoms with Gasteiger partial charge in [0, 0.05) is 37.8 Å². The van der Waals surface area contributed by atoms with Crippen molar-refractivity contribution in [1.82, 2.24) is 4.90 Å². The number of allylic oxidation sites excluding steroid dienone is 1. The van der Waals surface area contributed by atoms with Gasteiger partial charge in [0.25, 0.3) is 5.91 Å². The number of Topliss-reactive ketones (excluding diaryl/α,β-unsaturated/α-hetero) is 2. The molecule has 1 fully saturated rings. The number of carbonyl (C=O) groups excluding carboxylic acids is 3. The Morgan fingerprint density at radius 3 is 2.21 bits per heavy atom. The number of phenols is 1. The maximum atomic E-state index is 14.0. The number of halogens is 2. The van der Waals surface area contributed by atoms with E-state index in [1.54, 1.807) is 44.1 Å². The molecule has 0 heterocycles. The largest absolute Gasteiger partial charge is 0.510 e. The number of hydrogen-bond acceptors (Lipinski definition) is 9. The molecule has 4 atom stereocenters. The molecule has 0 aromatic heterocycles. The first-order valence-electron chi connectivity index (χ1n) is 13.7. The van der Waals surface area contributed by atoms with Gasteiger partial charge in [0.1, 0.15) is 28.6 Å². The summed E-state index contributed by atoms with van der Waals surface area (Å²) in [5.41, 5.74) is 6.73. The number of nitrogens with zero attached hydrogens (tertiary/aromatic N) is 2. The smallest absolute Gasteiger partial charge is 0.394 e. The van der Waals surface area contributed by atoms with Crippen molar-refractivity contribution in [3.63, 3.8) is 0 Å². The van der Waals surface area contributed by atoms with Crippen molar-refractivity contribution in [2.45, 2.75) is 31.9 Å². The van der Waals surface area contributed by atoms with E-state index in [2.05, 4.69) is 4.74 Å². The van der Waals surface area contributed by atoms with Crippen LogP contribution in [0.4, 0.5) is 14.5 Å². The van der Waals surface area contributed by atoms with E-state index < -0.39 is 64.5 Å². The highest BCUT2D eigenvalue weighted by Crippen LogP contribution is 2.53. The first kappa shape index (κ1) is 30.0. The number of phenolic OH excluding ortho intramolecular Hbond substituents is 1. The standard InChI is InChI=1S/C31H33F2N3O7/c1-31(32,33)43-15-8-6-13(7-9-15)16-12-19(35(2)3)17-10-14-11-18-22(27(39)20(14)26(38)21(17)25(16)37)28(40)23(30(34)42)29(41)24(18)36(4)5/h6-9,12,14,18,22,24,37-38,41H,10-11H2,1-5H3,(H2,34,42)/t14-,18+,22?,24-/m0/s1. The first-order valence-corrected chi connectivity index (χ1v) is 13.7. The van der Waals surface area contributed by atoms with Crippen LogP contribution in [0.25, 0.3) is 16.9 Å². The van der Waals surface area contributed by atoms with Crippen LogP contribution in [0.5, 0.6) is 11.5 Å². The molecule has 5 rings (SSSR count). The van der Waals surface area contributed by atoms with Crippen molar-refractivity contribution < 1.29 is 43.2 Å². The lowest BCUT2D eigenvalue weighted by molar-refractivity contribution is -0.159. The predicted octanol–water partition coefficient (Wildman–Crippen LogP) is 3.57. The fourth-order valence-electron chi connectivity index (χ4n) is 6.84. The second-order valence-corrected chi connectivity index (χ2v) is 11.8. The summed E-state index contributed by atoms with van der Waals surface area (Å²) in [4.78, 5) is 43.0. The van der Waals surface area contributed by atoms with Gasteiger partial charge in [-0.3, -0.25) is 19.3 Å². The van der Waals surface area contributed by atoms with E-state index in [1.807, 2.05) is 0 Å². The number of anilines is 1. The van der Waals surface area contributed by atoms with Crippen LogP contribution in [0.2, 0.25) is 0 Å². The Balaban J connectivity index is 1.66. The SMILES string of the molecule is CN(C)c1cc(-c2ccc(OC(C)(F)F)cc2)c(O)c2c1C[C@H]1C[C@@H]3C(C(=O)C(C(N)=O)=C(O)[C@H]3N(C)C)C(=O)C1=C2O. The zero-order valence-electron chi connectivity index (χ0n) is 24.3. The molecule has 12 heteroatoms. The molecule has 3 aliphatic carbocycles. The summed E-state index contributed by atoms with van der Waals surface area (Å²) in [6.07, 6.45) is -2.91. The number of aromatic hydroxyl groups is 1. The summed E-state index contributed by atoms with van der Waals surface area (Å²) in [5.74, 6) is -6.68. The van der Waals surface area contributed by atoms with Crippen LogP contribution in [0.3, 0.4) is 0 Å². The number of rotatable bonds is 6. The van der Waals surface area contributed by atoms with E-state index in [0.717, 1.165) is 0 Å². The maximum Gasteiger partial charge on any atom is 0.394 e. The normalized spacial score (nSPS) is 23.6. The highest BCUT2D eigenvalue weighted by atomic mass is 19.3. The Kier molecular flexibility index (Phi) is 7.24. The quantitative estimate of drug-likeness (QED) is 0.289. The Labute approximate surface area is 246 Å². The minimum absolute atomic E-state index is 0.0283. The number of hydrogen-bond donors (Lipinski definition) is 4. The average Bonchev–Trinajstić information content (AvgIpc) is 2.87. The third-order valence-corrected chi connectivity index (χ3v) is 8.49. The van der Waals surface area contributed by atoms with Gasteiger partial charge >= 0.3 is 6.11 Å². The van der Waals surface area contributed by atoms with Crippen molar-refractivity contribution in [1.29, 1.82) is 0 Å². The number of alkyl halides is 2. The molecule has 228 valence electrons. The number of fused-ring (bicyclic) bond motifs is 3. The van der Waals surface area contributed by atoms with Crippen LogP contribution in [-0.4, -0.2) is 78.0 Å². The lowest BCUT2D eigenvalue weighted by Crippen LogP contribution is -2.55. The fraction of sp³-hybridized carbons (Fsp3) is 0.387.